The summed E-state index contributed by atoms with van der Waals surface area (Å²) in [6, 6.07) is 0. The average molecular weight is 352 g/mol. The summed E-state index contributed by atoms with van der Waals surface area (Å²) in [5, 5.41) is 0. The smallest absolute Gasteiger partial charge is 0.381 e. The second kappa shape index (κ2) is 10.0. The van der Waals surface area contributed by atoms with E-state index in [1.165, 1.54) is 0 Å². The van der Waals surface area contributed by atoms with Crippen molar-refractivity contribution in [3.8, 4) is 0 Å². The van der Waals surface area contributed by atoms with Gasteiger partial charge in [0.15, 0.2) is 0 Å². The highest BCUT2D eigenvalue weighted by Gasteiger charge is 2.45. The second-order valence-electron chi connectivity index (χ2n) is 3.93. The lowest BCUT2D eigenvalue weighted by molar-refractivity contribution is -0.482. The predicted octanol–water partition coefficient (Wildman–Crippen LogP) is 3.79. The van der Waals surface area contributed by atoms with Gasteiger partial charge in [-0.15, -0.1) is 0 Å². The maximum absolute atomic E-state index is 11.7. The summed E-state index contributed by atoms with van der Waals surface area (Å²) < 4.78 is 18.9. The number of alkyl halides is 3. The van der Waals surface area contributed by atoms with Gasteiger partial charge in [-0.1, -0.05) is 55.6 Å². The molecule has 0 atom stereocenters. The van der Waals surface area contributed by atoms with E-state index in [1.54, 1.807) is 0 Å². The lowest BCUT2D eigenvalue weighted by atomic mass is 10.5. The van der Waals surface area contributed by atoms with Crippen molar-refractivity contribution < 1.29 is 23.7 Å². The van der Waals surface area contributed by atoms with Gasteiger partial charge in [0.1, 0.15) is 0 Å². The molecule has 0 bridgehead atoms. The summed E-state index contributed by atoms with van der Waals surface area (Å²) in [6.07, 6.45) is 0.0666. The van der Waals surface area contributed by atoms with E-state index in [1.807, 2.05) is 20.8 Å². The van der Waals surface area contributed by atoms with Crippen LogP contribution in [-0.2, 0) is 23.7 Å². The summed E-state index contributed by atoms with van der Waals surface area (Å²) in [5.74, 6) is -1.12. The lowest BCUT2D eigenvalue weighted by Crippen LogP contribution is -2.46. The van der Waals surface area contributed by atoms with E-state index in [0.717, 1.165) is 0 Å². The molecule has 0 N–H and O–H groups in total. The van der Waals surface area contributed by atoms with Gasteiger partial charge in [-0.25, -0.2) is 4.79 Å². The van der Waals surface area contributed by atoms with E-state index in [4.69, 9.17) is 53.8 Å². The Balaban J connectivity index is 4.97. The first-order chi connectivity index (χ1) is 9.31. The van der Waals surface area contributed by atoms with E-state index in [0.29, 0.717) is 19.3 Å². The molecule has 0 heterocycles. The maximum Gasteiger partial charge on any atom is 0.463 e. The Bertz CT molecular complexity index is 259. The number of carbonyl (C=O) groups is 1. The molecule has 20 heavy (non-hydrogen) atoms. The summed E-state index contributed by atoms with van der Waals surface area (Å²) in [5.41, 5.74) is 0. The zero-order chi connectivity index (χ0) is 15.6. The minimum absolute atomic E-state index is 0.264. The van der Waals surface area contributed by atoms with Crippen molar-refractivity contribution >= 4 is 40.8 Å². The number of hydrogen-bond donors (Lipinski definition) is 0. The fourth-order valence-electron chi connectivity index (χ4n) is 1.07. The monoisotopic (exact) mass is 350 g/mol. The molecule has 0 unspecified atom stereocenters. The molecule has 8 heteroatoms. The first-order valence-corrected chi connectivity index (χ1v) is 7.66. The summed E-state index contributed by atoms with van der Waals surface area (Å²) in [7, 11) is 0. The molecule has 0 spiro atoms. The Morgan fingerprint density at radius 1 is 0.850 bits per heavy atom. The number of carbonyl (C=O) groups excluding carboxylic acids is 1. The number of ether oxygens (including phenoxy) is 4. The number of halogens is 3. The van der Waals surface area contributed by atoms with Crippen LogP contribution in [0.1, 0.15) is 40.0 Å². The molecular formula is C12H21Cl3O5. The largest absolute Gasteiger partial charge is 0.463 e. The summed E-state index contributed by atoms with van der Waals surface area (Å²) >= 11 is 16.4. The molecule has 5 nitrogen and oxygen atoms in total. The van der Waals surface area contributed by atoms with Crippen molar-refractivity contribution in [3.05, 3.63) is 0 Å². The zero-order valence-electron chi connectivity index (χ0n) is 11.9. The van der Waals surface area contributed by atoms with E-state index in [2.05, 4.69) is 0 Å². The van der Waals surface area contributed by atoms with Crippen molar-refractivity contribution in [2.75, 3.05) is 19.8 Å². The highest BCUT2D eigenvalue weighted by molar-refractivity contribution is 6.75. The van der Waals surface area contributed by atoms with Crippen LogP contribution in [0.4, 0.5) is 0 Å². The first kappa shape index (κ1) is 20.2. The molecule has 0 amide bonds. The molecule has 0 saturated carbocycles. The molecule has 0 radical (unpaired) electrons. The predicted molar refractivity (Wildman–Crippen MR) is 77.8 cm³/mol. The van der Waals surface area contributed by atoms with Gasteiger partial charge in [-0.05, 0) is 19.3 Å². The third kappa shape index (κ3) is 7.86. The Labute approximate surface area is 134 Å². The quantitative estimate of drug-likeness (QED) is 0.340. The first-order valence-electron chi connectivity index (χ1n) is 6.53. The SMILES string of the molecule is CCCOC(OCCC)(OCCC)OC(=O)C(Cl)(Cl)Cl. The number of rotatable bonds is 10. The minimum Gasteiger partial charge on any atom is -0.381 e. The molecule has 0 aromatic heterocycles. The Kier molecular flexibility index (Phi) is 10.1. The standard InChI is InChI=1S/C12H21Cl3O5/c1-4-7-17-12(18-8-5-2,19-9-6-3)20-10(16)11(13,14)15/h4-9H2,1-3H3. The molecule has 120 valence electrons. The molecule has 0 fully saturated rings. The fraction of sp³-hybridized carbons (Fsp3) is 0.917. The number of esters is 1. The minimum atomic E-state index is -2.23. The normalized spacial score (nSPS) is 12.5. The van der Waals surface area contributed by atoms with Crippen molar-refractivity contribution in [3.63, 3.8) is 0 Å². The highest BCUT2D eigenvalue weighted by Crippen LogP contribution is 2.31. The molecule has 0 aromatic rings. The van der Waals surface area contributed by atoms with Crippen molar-refractivity contribution in [1.82, 2.24) is 0 Å². The third-order valence-electron chi connectivity index (χ3n) is 1.90. The van der Waals surface area contributed by atoms with Crippen molar-refractivity contribution in [2.24, 2.45) is 0 Å². The van der Waals surface area contributed by atoms with Crippen LogP contribution < -0.4 is 0 Å². The molecule has 0 rings (SSSR count). The molecule has 0 aliphatic carbocycles. The van der Waals surface area contributed by atoms with E-state index >= 15 is 0 Å². The van der Waals surface area contributed by atoms with Crippen LogP contribution in [0.5, 0.6) is 0 Å². The van der Waals surface area contributed by atoms with E-state index in [9.17, 15) is 4.79 Å². The maximum atomic E-state index is 11.7. The molecule has 0 saturated heterocycles. The van der Waals surface area contributed by atoms with Gasteiger partial charge in [0.25, 0.3) is 3.79 Å². The van der Waals surface area contributed by atoms with Crippen LogP contribution in [0, 0.1) is 0 Å². The van der Waals surface area contributed by atoms with Gasteiger partial charge in [-0.2, -0.15) is 0 Å². The summed E-state index contributed by atoms with van der Waals surface area (Å²) in [6.45, 7) is 6.46. The van der Waals surface area contributed by atoms with Crippen LogP contribution in [0.3, 0.4) is 0 Å². The average Bonchev–Trinajstić information content (AvgIpc) is 2.39. The van der Waals surface area contributed by atoms with E-state index < -0.39 is 15.9 Å². The molecule has 0 aromatic carbocycles. The Morgan fingerprint density at radius 3 is 1.45 bits per heavy atom. The van der Waals surface area contributed by atoms with Gasteiger partial charge < -0.3 is 4.74 Å². The zero-order valence-corrected chi connectivity index (χ0v) is 14.2. The summed E-state index contributed by atoms with van der Waals surface area (Å²) in [4.78, 5) is 11.7. The van der Waals surface area contributed by atoms with Crippen LogP contribution in [-0.4, -0.2) is 35.7 Å². The van der Waals surface area contributed by atoms with Gasteiger partial charge in [0, 0.05) is 0 Å². The van der Waals surface area contributed by atoms with Crippen LogP contribution in [0.15, 0.2) is 0 Å². The van der Waals surface area contributed by atoms with Crippen molar-refractivity contribution in [1.29, 1.82) is 0 Å². The molecular weight excluding hydrogens is 330 g/mol. The molecule has 0 aliphatic rings. The van der Waals surface area contributed by atoms with E-state index in [-0.39, 0.29) is 19.8 Å². The molecule has 0 aliphatic heterocycles. The topological polar surface area (TPSA) is 54.0 Å². The van der Waals surface area contributed by atoms with Gasteiger partial charge in [-0.3, -0.25) is 14.2 Å². The Hall–Kier alpha value is 0.220. The second-order valence-corrected chi connectivity index (χ2v) is 6.21. The van der Waals surface area contributed by atoms with Crippen LogP contribution in [0.2, 0.25) is 0 Å². The van der Waals surface area contributed by atoms with Gasteiger partial charge >= 0.3 is 12.1 Å². The lowest BCUT2D eigenvalue weighted by Gasteiger charge is -2.32. The van der Waals surface area contributed by atoms with Crippen LogP contribution >= 0.6 is 34.8 Å². The fourth-order valence-corrected chi connectivity index (χ4v) is 1.18. The van der Waals surface area contributed by atoms with Gasteiger partial charge in [0.05, 0.1) is 19.8 Å². The van der Waals surface area contributed by atoms with Crippen LogP contribution in [0.25, 0.3) is 0 Å². The van der Waals surface area contributed by atoms with Crippen molar-refractivity contribution in [2.45, 2.75) is 50.0 Å². The van der Waals surface area contributed by atoms with Gasteiger partial charge in [0.2, 0.25) is 0 Å². The third-order valence-corrected chi connectivity index (χ3v) is 2.36. The Morgan fingerprint density at radius 2 is 1.20 bits per heavy atom. The number of hydrogen-bond acceptors (Lipinski definition) is 5. The highest BCUT2D eigenvalue weighted by atomic mass is 35.6.